The fourth-order valence-electron chi connectivity index (χ4n) is 3.86. The van der Waals surface area contributed by atoms with Gasteiger partial charge in [0.2, 0.25) is 0 Å². The molecule has 1 aliphatic carbocycles. The molecule has 0 unspecified atom stereocenters. The number of hydrogen-bond acceptors (Lipinski definition) is 2. The van der Waals surface area contributed by atoms with Crippen molar-refractivity contribution in [1.29, 1.82) is 0 Å². The van der Waals surface area contributed by atoms with Crippen molar-refractivity contribution in [2.45, 2.75) is 50.9 Å². The van der Waals surface area contributed by atoms with Gasteiger partial charge in [-0.15, -0.1) is 0 Å². The zero-order chi connectivity index (χ0) is 14.2. The summed E-state index contributed by atoms with van der Waals surface area (Å²) in [5.41, 5.74) is 9.97. The Hall–Kier alpha value is -1.35. The molecular weight excluding hydrogens is 246 g/mol. The molecule has 0 amide bonds. The summed E-state index contributed by atoms with van der Waals surface area (Å²) in [4.78, 5) is 4.96. The Morgan fingerprint density at radius 3 is 2.50 bits per heavy atom. The predicted octanol–water partition coefficient (Wildman–Crippen LogP) is 3.43. The number of benzene rings is 1. The first-order valence-electron chi connectivity index (χ1n) is 7.80. The Balaban J connectivity index is 2.16. The lowest BCUT2D eigenvalue weighted by Gasteiger charge is -2.30. The molecule has 2 aromatic rings. The second kappa shape index (κ2) is 5.21. The number of imidazole rings is 1. The lowest BCUT2D eigenvalue weighted by molar-refractivity contribution is 0.351. The molecule has 1 saturated carbocycles. The minimum atomic E-state index is 0.0801. The molecule has 3 heteroatoms. The van der Waals surface area contributed by atoms with E-state index >= 15 is 0 Å². The van der Waals surface area contributed by atoms with Gasteiger partial charge in [-0.2, -0.15) is 0 Å². The van der Waals surface area contributed by atoms with Gasteiger partial charge in [0, 0.05) is 19.0 Å². The molecule has 0 spiro atoms. The third kappa shape index (κ3) is 2.05. The molecule has 2 N–H and O–H groups in total. The SMILES string of the molecule is Cc1cccc2nc(C3(CN)CCCCCC3)n(C)c12. The summed E-state index contributed by atoms with van der Waals surface area (Å²) in [5.74, 6) is 1.20. The van der Waals surface area contributed by atoms with Gasteiger partial charge in [0.25, 0.3) is 0 Å². The van der Waals surface area contributed by atoms with E-state index in [0.717, 1.165) is 5.52 Å². The topological polar surface area (TPSA) is 43.8 Å². The van der Waals surface area contributed by atoms with Crippen molar-refractivity contribution in [2.24, 2.45) is 12.8 Å². The van der Waals surface area contributed by atoms with Crippen LogP contribution in [0.5, 0.6) is 0 Å². The standard InChI is InChI=1S/C17H25N3/c1-13-8-7-9-14-15(13)20(2)16(19-14)17(12-18)10-5-3-4-6-11-17/h7-9H,3-6,10-12,18H2,1-2H3. The van der Waals surface area contributed by atoms with Crippen LogP contribution in [-0.4, -0.2) is 16.1 Å². The summed E-state index contributed by atoms with van der Waals surface area (Å²) in [6.45, 7) is 2.87. The molecule has 1 aromatic heterocycles. The highest BCUT2D eigenvalue weighted by Gasteiger charge is 2.35. The van der Waals surface area contributed by atoms with Gasteiger partial charge in [-0.05, 0) is 31.4 Å². The van der Waals surface area contributed by atoms with Crippen molar-refractivity contribution in [2.75, 3.05) is 6.54 Å². The number of aryl methyl sites for hydroxylation is 2. The lowest BCUT2D eigenvalue weighted by atomic mass is 9.79. The zero-order valence-corrected chi connectivity index (χ0v) is 12.7. The van der Waals surface area contributed by atoms with Crippen LogP contribution >= 0.6 is 0 Å². The molecule has 3 rings (SSSR count). The first-order valence-corrected chi connectivity index (χ1v) is 7.80. The molecule has 0 radical (unpaired) electrons. The van der Waals surface area contributed by atoms with Crippen molar-refractivity contribution >= 4 is 11.0 Å². The van der Waals surface area contributed by atoms with Gasteiger partial charge in [0.05, 0.1) is 11.0 Å². The van der Waals surface area contributed by atoms with E-state index in [1.807, 2.05) is 0 Å². The van der Waals surface area contributed by atoms with E-state index in [2.05, 4.69) is 36.7 Å². The van der Waals surface area contributed by atoms with Gasteiger partial charge in [-0.25, -0.2) is 4.98 Å². The van der Waals surface area contributed by atoms with Crippen LogP contribution in [0.1, 0.15) is 49.9 Å². The number of aromatic nitrogens is 2. The van der Waals surface area contributed by atoms with Crippen molar-refractivity contribution in [3.8, 4) is 0 Å². The highest BCUT2D eigenvalue weighted by atomic mass is 15.1. The van der Waals surface area contributed by atoms with E-state index in [1.165, 1.54) is 55.4 Å². The van der Waals surface area contributed by atoms with Crippen LogP contribution < -0.4 is 5.73 Å². The van der Waals surface area contributed by atoms with Gasteiger partial charge in [0.15, 0.2) is 0 Å². The fraction of sp³-hybridized carbons (Fsp3) is 0.588. The number of rotatable bonds is 2. The normalized spacial score (nSPS) is 19.1. The Kier molecular flexibility index (Phi) is 3.55. The van der Waals surface area contributed by atoms with Crippen LogP contribution in [0.4, 0.5) is 0 Å². The third-order valence-electron chi connectivity index (χ3n) is 5.02. The highest BCUT2D eigenvalue weighted by molar-refractivity contribution is 5.79. The number of nitrogens with two attached hydrogens (primary N) is 1. The zero-order valence-electron chi connectivity index (χ0n) is 12.7. The van der Waals surface area contributed by atoms with Crippen LogP contribution in [0.3, 0.4) is 0 Å². The molecule has 0 saturated heterocycles. The predicted molar refractivity (Wildman–Crippen MR) is 83.9 cm³/mol. The average molecular weight is 271 g/mol. The molecule has 0 bridgehead atoms. The van der Waals surface area contributed by atoms with Crippen LogP contribution in [0.2, 0.25) is 0 Å². The molecule has 0 aliphatic heterocycles. The molecule has 1 heterocycles. The minimum Gasteiger partial charge on any atom is -0.330 e. The van der Waals surface area contributed by atoms with E-state index < -0.39 is 0 Å². The minimum absolute atomic E-state index is 0.0801. The quantitative estimate of drug-likeness (QED) is 0.850. The van der Waals surface area contributed by atoms with E-state index in [0.29, 0.717) is 6.54 Å². The first-order chi connectivity index (χ1) is 9.68. The second-order valence-corrected chi connectivity index (χ2v) is 6.34. The van der Waals surface area contributed by atoms with E-state index in [1.54, 1.807) is 0 Å². The number of fused-ring (bicyclic) bond motifs is 1. The van der Waals surface area contributed by atoms with Crippen molar-refractivity contribution in [3.05, 3.63) is 29.6 Å². The maximum atomic E-state index is 6.22. The average Bonchev–Trinajstić information content (AvgIpc) is 2.65. The molecule has 1 aromatic carbocycles. The summed E-state index contributed by atoms with van der Waals surface area (Å²) >= 11 is 0. The van der Waals surface area contributed by atoms with Gasteiger partial charge in [0.1, 0.15) is 5.82 Å². The molecule has 0 atom stereocenters. The Morgan fingerprint density at radius 1 is 1.20 bits per heavy atom. The molecular formula is C17H25N3. The van der Waals surface area contributed by atoms with E-state index in [4.69, 9.17) is 10.7 Å². The highest BCUT2D eigenvalue weighted by Crippen LogP contribution is 2.38. The summed E-state index contributed by atoms with van der Waals surface area (Å²) in [6, 6.07) is 6.37. The molecule has 1 aliphatic rings. The molecule has 20 heavy (non-hydrogen) atoms. The van der Waals surface area contributed by atoms with Gasteiger partial charge < -0.3 is 10.3 Å². The van der Waals surface area contributed by atoms with Crippen molar-refractivity contribution < 1.29 is 0 Å². The van der Waals surface area contributed by atoms with Gasteiger partial charge in [-0.1, -0.05) is 37.8 Å². The maximum Gasteiger partial charge on any atom is 0.117 e. The summed E-state index contributed by atoms with van der Waals surface area (Å²) in [5, 5.41) is 0. The van der Waals surface area contributed by atoms with E-state index in [9.17, 15) is 0 Å². The lowest BCUT2D eigenvalue weighted by Crippen LogP contribution is -2.37. The molecule has 3 nitrogen and oxygen atoms in total. The maximum absolute atomic E-state index is 6.22. The van der Waals surface area contributed by atoms with Gasteiger partial charge >= 0.3 is 0 Å². The Bertz CT molecular complexity index is 604. The Labute approximate surface area is 121 Å². The molecule has 1 fully saturated rings. The largest absolute Gasteiger partial charge is 0.330 e. The monoisotopic (exact) mass is 271 g/mol. The molecule has 108 valence electrons. The smallest absolute Gasteiger partial charge is 0.117 e. The summed E-state index contributed by atoms with van der Waals surface area (Å²) in [6.07, 6.45) is 7.59. The van der Waals surface area contributed by atoms with Crippen molar-refractivity contribution in [3.63, 3.8) is 0 Å². The van der Waals surface area contributed by atoms with Crippen LogP contribution in [0.15, 0.2) is 18.2 Å². The summed E-state index contributed by atoms with van der Waals surface area (Å²) < 4.78 is 2.29. The van der Waals surface area contributed by atoms with Crippen LogP contribution in [0.25, 0.3) is 11.0 Å². The third-order valence-corrected chi connectivity index (χ3v) is 5.02. The second-order valence-electron chi connectivity index (χ2n) is 6.34. The number of nitrogens with zero attached hydrogens (tertiary/aromatic N) is 2. The first kappa shape index (κ1) is 13.6. The fourth-order valence-corrected chi connectivity index (χ4v) is 3.86. The van der Waals surface area contributed by atoms with Gasteiger partial charge in [-0.3, -0.25) is 0 Å². The number of hydrogen-bond donors (Lipinski definition) is 1. The number of para-hydroxylation sites is 1. The van der Waals surface area contributed by atoms with E-state index in [-0.39, 0.29) is 5.41 Å². The van der Waals surface area contributed by atoms with Crippen molar-refractivity contribution in [1.82, 2.24) is 9.55 Å². The van der Waals surface area contributed by atoms with Crippen LogP contribution in [-0.2, 0) is 12.5 Å². The van der Waals surface area contributed by atoms with Crippen LogP contribution in [0, 0.1) is 6.92 Å². The summed E-state index contributed by atoms with van der Waals surface area (Å²) in [7, 11) is 2.15. The Morgan fingerprint density at radius 2 is 1.90 bits per heavy atom.